The number of nitro benzene ring substituents is 1. The van der Waals surface area contributed by atoms with Gasteiger partial charge < -0.3 is 14.7 Å². The quantitative estimate of drug-likeness (QED) is 0.613. The van der Waals surface area contributed by atoms with Gasteiger partial charge in [-0.15, -0.1) is 0 Å². The van der Waals surface area contributed by atoms with Gasteiger partial charge in [-0.2, -0.15) is 0 Å². The highest BCUT2D eigenvalue weighted by atomic mass is 16.6. The molecule has 0 atom stereocenters. The summed E-state index contributed by atoms with van der Waals surface area (Å²) >= 11 is 0. The zero-order chi connectivity index (χ0) is 14.5. The van der Waals surface area contributed by atoms with E-state index in [9.17, 15) is 10.1 Å². The number of benzene rings is 1. The van der Waals surface area contributed by atoms with E-state index in [1.807, 2.05) is 4.90 Å². The van der Waals surface area contributed by atoms with Crippen molar-refractivity contribution in [2.24, 2.45) is 0 Å². The first-order valence-corrected chi connectivity index (χ1v) is 6.88. The largest absolute Gasteiger partial charge is 0.490 e. The van der Waals surface area contributed by atoms with Crippen LogP contribution in [0.1, 0.15) is 25.7 Å². The van der Waals surface area contributed by atoms with Gasteiger partial charge in [0.05, 0.1) is 12.0 Å². The maximum atomic E-state index is 11.4. The molecular formula is C14H20N2O4. The van der Waals surface area contributed by atoms with Crippen molar-refractivity contribution in [2.45, 2.75) is 31.7 Å². The molecule has 1 saturated carbocycles. The lowest BCUT2D eigenvalue weighted by atomic mass is 9.90. The van der Waals surface area contributed by atoms with Gasteiger partial charge in [0.15, 0.2) is 5.75 Å². The number of aliphatic hydroxyl groups is 1. The molecule has 0 bridgehead atoms. The van der Waals surface area contributed by atoms with Gasteiger partial charge in [0.2, 0.25) is 0 Å². The number of para-hydroxylation sites is 1. The lowest BCUT2D eigenvalue weighted by Gasteiger charge is -2.39. The van der Waals surface area contributed by atoms with Crippen LogP contribution in [0.5, 0.6) is 5.75 Å². The number of nitrogens with zero attached hydrogens (tertiary/aromatic N) is 2. The van der Waals surface area contributed by atoms with Crippen molar-refractivity contribution in [3.63, 3.8) is 0 Å². The third-order valence-corrected chi connectivity index (χ3v) is 3.76. The molecule has 0 spiro atoms. The Morgan fingerprint density at radius 1 is 1.50 bits per heavy atom. The second kappa shape index (κ2) is 6.56. The van der Waals surface area contributed by atoms with Crippen LogP contribution >= 0.6 is 0 Å². The molecule has 0 saturated heterocycles. The highest BCUT2D eigenvalue weighted by Gasteiger charge is 2.31. The molecule has 0 unspecified atom stereocenters. The molecule has 0 heterocycles. The van der Waals surface area contributed by atoms with E-state index in [0.29, 0.717) is 24.7 Å². The van der Waals surface area contributed by atoms with Crippen LogP contribution in [0.25, 0.3) is 0 Å². The molecule has 1 fully saturated rings. The van der Waals surface area contributed by atoms with E-state index >= 15 is 0 Å². The van der Waals surface area contributed by atoms with E-state index < -0.39 is 4.92 Å². The van der Waals surface area contributed by atoms with E-state index in [2.05, 4.69) is 0 Å². The van der Waals surface area contributed by atoms with E-state index in [-0.39, 0.29) is 18.0 Å². The monoisotopic (exact) mass is 280 g/mol. The first-order chi connectivity index (χ1) is 9.69. The Kier molecular flexibility index (Phi) is 4.79. The number of anilines is 1. The third kappa shape index (κ3) is 2.85. The van der Waals surface area contributed by atoms with Crippen LogP contribution in [-0.4, -0.2) is 36.3 Å². The first kappa shape index (κ1) is 14.6. The average Bonchev–Trinajstić information content (AvgIpc) is 2.40. The molecule has 6 nitrogen and oxygen atoms in total. The molecule has 2 rings (SSSR count). The molecule has 1 aliphatic rings. The summed E-state index contributed by atoms with van der Waals surface area (Å²) in [4.78, 5) is 13.0. The Morgan fingerprint density at radius 3 is 2.75 bits per heavy atom. The van der Waals surface area contributed by atoms with E-state index in [4.69, 9.17) is 9.84 Å². The van der Waals surface area contributed by atoms with Gasteiger partial charge in [-0.3, -0.25) is 10.1 Å². The van der Waals surface area contributed by atoms with Crippen molar-refractivity contribution in [1.29, 1.82) is 0 Å². The number of methoxy groups -OCH3 is 1. The zero-order valence-electron chi connectivity index (χ0n) is 11.6. The van der Waals surface area contributed by atoms with E-state index in [0.717, 1.165) is 19.3 Å². The Morgan fingerprint density at radius 2 is 2.25 bits per heavy atom. The number of rotatable bonds is 7. The minimum atomic E-state index is -0.390. The fourth-order valence-corrected chi connectivity index (χ4v) is 2.53. The zero-order valence-corrected chi connectivity index (χ0v) is 11.6. The summed E-state index contributed by atoms with van der Waals surface area (Å²) in [6.07, 6.45) is 3.84. The molecule has 0 radical (unpaired) electrons. The van der Waals surface area contributed by atoms with Crippen molar-refractivity contribution in [2.75, 3.05) is 25.2 Å². The van der Waals surface area contributed by atoms with E-state index in [1.165, 1.54) is 7.11 Å². The maximum absolute atomic E-state index is 11.4. The summed E-state index contributed by atoms with van der Waals surface area (Å²) in [6.45, 7) is 0.705. The van der Waals surface area contributed by atoms with Crippen molar-refractivity contribution >= 4 is 11.4 Å². The van der Waals surface area contributed by atoms with Gasteiger partial charge in [-0.25, -0.2) is 0 Å². The maximum Gasteiger partial charge on any atom is 0.333 e. The van der Waals surface area contributed by atoms with Gasteiger partial charge in [-0.05, 0) is 37.8 Å². The molecule has 20 heavy (non-hydrogen) atoms. The number of nitro groups is 1. The molecule has 6 heteroatoms. The minimum absolute atomic E-state index is 0.0137. The van der Waals surface area contributed by atoms with Crippen molar-refractivity contribution in [1.82, 2.24) is 0 Å². The summed E-state index contributed by atoms with van der Waals surface area (Å²) in [5.74, 6) is 0.279. The fraction of sp³-hybridized carbons (Fsp3) is 0.571. The van der Waals surface area contributed by atoms with Crippen molar-refractivity contribution < 1.29 is 14.8 Å². The van der Waals surface area contributed by atoms with Crippen LogP contribution in [0.3, 0.4) is 0 Å². The lowest BCUT2D eigenvalue weighted by molar-refractivity contribution is -0.385. The lowest BCUT2D eigenvalue weighted by Crippen LogP contribution is -2.41. The summed E-state index contributed by atoms with van der Waals surface area (Å²) in [7, 11) is 1.44. The molecule has 1 aromatic rings. The number of hydrogen-bond donors (Lipinski definition) is 1. The van der Waals surface area contributed by atoms with Gasteiger partial charge >= 0.3 is 5.69 Å². The Labute approximate surface area is 118 Å². The van der Waals surface area contributed by atoms with Crippen LogP contribution < -0.4 is 9.64 Å². The van der Waals surface area contributed by atoms with Crippen molar-refractivity contribution in [3.8, 4) is 5.75 Å². The predicted molar refractivity (Wildman–Crippen MR) is 76.3 cm³/mol. The van der Waals surface area contributed by atoms with E-state index in [1.54, 1.807) is 18.2 Å². The minimum Gasteiger partial charge on any atom is -0.490 e. The molecule has 0 aliphatic heterocycles. The average molecular weight is 280 g/mol. The normalized spacial score (nSPS) is 14.7. The number of ether oxygens (including phenoxy) is 1. The van der Waals surface area contributed by atoms with Gasteiger partial charge in [0.1, 0.15) is 5.69 Å². The summed E-state index contributed by atoms with van der Waals surface area (Å²) in [5, 5.41) is 20.4. The molecule has 110 valence electrons. The highest BCUT2D eigenvalue weighted by Crippen LogP contribution is 2.40. The van der Waals surface area contributed by atoms with Crippen molar-refractivity contribution in [3.05, 3.63) is 28.3 Å². The number of hydrogen-bond acceptors (Lipinski definition) is 5. The van der Waals surface area contributed by atoms with Gasteiger partial charge in [0, 0.05) is 19.2 Å². The van der Waals surface area contributed by atoms with Crippen LogP contribution in [0.2, 0.25) is 0 Å². The second-order valence-electron chi connectivity index (χ2n) is 4.94. The van der Waals surface area contributed by atoms with Crippen LogP contribution in [0, 0.1) is 10.1 Å². The van der Waals surface area contributed by atoms with Gasteiger partial charge in [0.25, 0.3) is 0 Å². The van der Waals surface area contributed by atoms with Crippen LogP contribution in [0.15, 0.2) is 18.2 Å². The standard InChI is InChI=1S/C14H20N2O4/c1-20-13-8-3-7-12(14(13)16(18)19)15(9-4-10-17)11-5-2-6-11/h3,7-8,11,17H,2,4-6,9-10H2,1H3. The Hall–Kier alpha value is -1.82. The molecule has 1 N–H and O–H groups in total. The third-order valence-electron chi connectivity index (χ3n) is 3.76. The highest BCUT2D eigenvalue weighted by molar-refractivity contribution is 5.70. The molecule has 1 aromatic carbocycles. The topological polar surface area (TPSA) is 75.8 Å². The predicted octanol–water partition coefficient (Wildman–Crippen LogP) is 2.34. The van der Waals surface area contributed by atoms with Crippen LogP contribution in [-0.2, 0) is 0 Å². The molecule has 0 aromatic heterocycles. The van der Waals surface area contributed by atoms with Crippen LogP contribution in [0.4, 0.5) is 11.4 Å². The molecular weight excluding hydrogens is 260 g/mol. The molecule has 0 amide bonds. The fourth-order valence-electron chi connectivity index (χ4n) is 2.53. The smallest absolute Gasteiger partial charge is 0.333 e. The first-order valence-electron chi connectivity index (χ1n) is 6.88. The Balaban J connectivity index is 2.38. The summed E-state index contributed by atoms with van der Waals surface area (Å²) in [5.41, 5.74) is 0.604. The summed E-state index contributed by atoms with van der Waals surface area (Å²) < 4.78 is 5.12. The molecule has 1 aliphatic carbocycles. The Bertz CT molecular complexity index is 474. The summed E-state index contributed by atoms with van der Waals surface area (Å²) in [6, 6.07) is 5.46. The number of aliphatic hydroxyl groups excluding tert-OH is 1. The second-order valence-corrected chi connectivity index (χ2v) is 4.94. The SMILES string of the molecule is COc1cccc(N(CCCO)C2CCC2)c1[N+](=O)[O-]. The van der Waals surface area contributed by atoms with Gasteiger partial charge in [-0.1, -0.05) is 6.07 Å².